The van der Waals surface area contributed by atoms with Gasteiger partial charge in [-0.05, 0) is 23.8 Å². The van der Waals surface area contributed by atoms with E-state index in [0.29, 0.717) is 5.82 Å². The van der Waals surface area contributed by atoms with Gasteiger partial charge in [0.1, 0.15) is 11.6 Å². The van der Waals surface area contributed by atoms with Crippen LogP contribution in [0.5, 0.6) is 0 Å². The Bertz CT molecular complexity index is 428. The molecule has 1 aromatic heterocycles. The fourth-order valence-electron chi connectivity index (χ4n) is 1.12. The van der Waals surface area contributed by atoms with Crippen molar-refractivity contribution >= 4 is 0 Å². The largest absolute Gasteiger partial charge is 0.343 e. The average molecular weight is 196 g/mol. The first-order valence-corrected chi connectivity index (χ1v) is 3.95. The van der Waals surface area contributed by atoms with Gasteiger partial charge in [-0.2, -0.15) is 4.98 Å². The van der Waals surface area contributed by atoms with Gasteiger partial charge in [0.2, 0.25) is 6.39 Å². The van der Waals surface area contributed by atoms with E-state index in [1.54, 1.807) is 0 Å². The fourth-order valence-corrected chi connectivity index (χ4v) is 1.12. The molecule has 0 saturated heterocycles. The summed E-state index contributed by atoms with van der Waals surface area (Å²) in [6.07, 6.45) is 1.27. The minimum Gasteiger partial charge on any atom is -0.343 e. The van der Waals surface area contributed by atoms with Crippen LogP contribution < -0.4 is 0 Å². The molecule has 0 amide bonds. The smallest absolute Gasteiger partial charge is 0.213 e. The number of hydrogen-bond acceptors (Lipinski definition) is 3. The topological polar surface area (TPSA) is 38.9 Å². The Balaban J connectivity index is 2.28. The molecule has 2 rings (SSSR count). The molecule has 0 aliphatic rings. The van der Waals surface area contributed by atoms with Crippen LogP contribution in [0.15, 0.2) is 29.1 Å². The zero-order valence-electron chi connectivity index (χ0n) is 7.08. The molecule has 0 bridgehead atoms. The van der Waals surface area contributed by atoms with Gasteiger partial charge >= 0.3 is 0 Å². The molecule has 3 nitrogen and oxygen atoms in total. The Kier molecular flexibility index (Phi) is 2.22. The monoisotopic (exact) mass is 196 g/mol. The highest BCUT2D eigenvalue weighted by molar-refractivity contribution is 5.21. The van der Waals surface area contributed by atoms with Gasteiger partial charge in [0.05, 0.1) is 0 Å². The minimum absolute atomic E-state index is 0.125. The van der Waals surface area contributed by atoms with Crippen molar-refractivity contribution in [1.82, 2.24) is 10.1 Å². The third-order valence-electron chi connectivity index (χ3n) is 1.76. The van der Waals surface area contributed by atoms with Crippen molar-refractivity contribution in [3.8, 4) is 0 Å². The van der Waals surface area contributed by atoms with E-state index in [1.807, 2.05) is 0 Å². The maximum atomic E-state index is 13.1. The summed E-state index contributed by atoms with van der Waals surface area (Å²) in [7, 11) is 0. The summed E-state index contributed by atoms with van der Waals surface area (Å²) in [6.45, 7) is 0. The van der Waals surface area contributed by atoms with Gasteiger partial charge in [-0.1, -0.05) is 5.16 Å². The Morgan fingerprint density at radius 3 is 2.86 bits per heavy atom. The predicted octanol–water partition coefficient (Wildman–Crippen LogP) is 1.94. The van der Waals surface area contributed by atoms with Crippen molar-refractivity contribution in [1.29, 1.82) is 0 Å². The van der Waals surface area contributed by atoms with E-state index in [4.69, 9.17) is 0 Å². The van der Waals surface area contributed by atoms with E-state index in [1.165, 1.54) is 0 Å². The van der Waals surface area contributed by atoms with Crippen molar-refractivity contribution in [2.45, 2.75) is 6.42 Å². The molecule has 72 valence electrons. The summed E-state index contributed by atoms with van der Waals surface area (Å²) in [6, 6.07) is 3.26. The van der Waals surface area contributed by atoms with Crippen molar-refractivity contribution < 1.29 is 13.3 Å². The van der Waals surface area contributed by atoms with Crippen LogP contribution in [0, 0.1) is 11.6 Å². The summed E-state index contributed by atoms with van der Waals surface area (Å²) in [4.78, 5) is 3.72. The normalized spacial score (nSPS) is 10.4. The average Bonchev–Trinajstić information content (AvgIpc) is 2.64. The van der Waals surface area contributed by atoms with Crippen molar-refractivity contribution in [2.24, 2.45) is 0 Å². The standard InChI is InChI=1S/C9H6F2N2O/c10-7-1-2-8(11)6(3-7)4-9-12-5-14-13-9/h1-3,5H,4H2. The molecule has 1 heterocycles. The third-order valence-corrected chi connectivity index (χ3v) is 1.76. The summed E-state index contributed by atoms with van der Waals surface area (Å²) in [5, 5.41) is 3.51. The van der Waals surface area contributed by atoms with Gasteiger partial charge in [-0.25, -0.2) is 8.78 Å². The molecule has 0 radical (unpaired) electrons. The van der Waals surface area contributed by atoms with Gasteiger partial charge in [-0.15, -0.1) is 0 Å². The number of halogens is 2. The van der Waals surface area contributed by atoms with Crippen LogP contribution >= 0.6 is 0 Å². The highest BCUT2D eigenvalue weighted by Gasteiger charge is 2.07. The molecule has 0 aliphatic heterocycles. The highest BCUT2D eigenvalue weighted by atomic mass is 19.1. The van der Waals surface area contributed by atoms with E-state index in [0.717, 1.165) is 24.6 Å². The van der Waals surface area contributed by atoms with E-state index < -0.39 is 11.6 Å². The molecule has 0 N–H and O–H groups in total. The molecule has 5 heteroatoms. The SMILES string of the molecule is Fc1ccc(F)c(Cc2ncon2)c1. The molecule has 14 heavy (non-hydrogen) atoms. The number of rotatable bonds is 2. The predicted molar refractivity (Wildman–Crippen MR) is 43.5 cm³/mol. The molecular formula is C9H6F2N2O. The summed E-state index contributed by atoms with van der Waals surface area (Å²) < 4.78 is 30.3. The molecular weight excluding hydrogens is 190 g/mol. The van der Waals surface area contributed by atoms with E-state index in [2.05, 4.69) is 14.7 Å². The number of aromatic nitrogens is 2. The van der Waals surface area contributed by atoms with Crippen LogP contribution in [0.25, 0.3) is 0 Å². The van der Waals surface area contributed by atoms with Crippen LogP contribution in [-0.4, -0.2) is 10.1 Å². The molecule has 0 fully saturated rings. The lowest BCUT2D eigenvalue weighted by atomic mass is 10.1. The molecule has 2 aromatic rings. The fraction of sp³-hybridized carbons (Fsp3) is 0.111. The molecule has 0 saturated carbocycles. The maximum absolute atomic E-state index is 13.1. The summed E-state index contributed by atoms with van der Waals surface area (Å²) in [5.41, 5.74) is 0.214. The Hall–Kier alpha value is -1.78. The van der Waals surface area contributed by atoms with Crippen LogP contribution in [0.1, 0.15) is 11.4 Å². The minimum atomic E-state index is -0.482. The molecule has 1 aromatic carbocycles. The van der Waals surface area contributed by atoms with Gasteiger partial charge in [0.25, 0.3) is 0 Å². The summed E-state index contributed by atoms with van der Waals surface area (Å²) >= 11 is 0. The number of nitrogens with zero attached hydrogens (tertiary/aromatic N) is 2. The van der Waals surface area contributed by atoms with Crippen molar-refractivity contribution in [2.75, 3.05) is 0 Å². The lowest BCUT2D eigenvalue weighted by Crippen LogP contribution is -1.95. The first kappa shape index (κ1) is 8.80. The number of hydrogen-bond donors (Lipinski definition) is 0. The third kappa shape index (κ3) is 1.76. The Morgan fingerprint density at radius 1 is 1.29 bits per heavy atom. The second kappa shape index (κ2) is 3.53. The van der Waals surface area contributed by atoms with Gasteiger partial charge < -0.3 is 4.52 Å². The molecule has 0 spiro atoms. The number of benzene rings is 1. The Labute approximate surface area is 78.4 Å². The second-order valence-corrected chi connectivity index (χ2v) is 2.76. The maximum Gasteiger partial charge on any atom is 0.213 e. The summed E-state index contributed by atoms with van der Waals surface area (Å²) in [5.74, 6) is -0.629. The van der Waals surface area contributed by atoms with Crippen LogP contribution in [0.3, 0.4) is 0 Å². The van der Waals surface area contributed by atoms with Crippen molar-refractivity contribution in [3.63, 3.8) is 0 Å². The Morgan fingerprint density at radius 2 is 2.14 bits per heavy atom. The van der Waals surface area contributed by atoms with Gasteiger partial charge in [-0.3, -0.25) is 0 Å². The zero-order chi connectivity index (χ0) is 9.97. The van der Waals surface area contributed by atoms with Crippen LogP contribution in [0.2, 0.25) is 0 Å². The lowest BCUT2D eigenvalue weighted by Gasteiger charge is -1.98. The highest BCUT2D eigenvalue weighted by Crippen LogP contribution is 2.12. The molecule has 0 unspecified atom stereocenters. The van der Waals surface area contributed by atoms with E-state index in [-0.39, 0.29) is 12.0 Å². The van der Waals surface area contributed by atoms with Crippen molar-refractivity contribution in [3.05, 3.63) is 47.6 Å². The second-order valence-electron chi connectivity index (χ2n) is 2.76. The quantitative estimate of drug-likeness (QED) is 0.736. The van der Waals surface area contributed by atoms with Gasteiger partial charge in [0.15, 0.2) is 5.82 Å². The zero-order valence-corrected chi connectivity index (χ0v) is 7.08. The lowest BCUT2D eigenvalue weighted by molar-refractivity contribution is 0.411. The first-order valence-electron chi connectivity index (χ1n) is 3.95. The van der Waals surface area contributed by atoms with Crippen LogP contribution in [0.4, 0.5) is 8.78 Å². The van der Waals surface area contributed by atoms with E-state index >= 15 is 0 Å². The van der Waals surface area contributed by atoms with E-state index in [9.17, 15) is 8.78 Å². The molecule has 0 atom stereocenters. The molecule has 0 aliphatic carbocycles. The first-order chi connectivity index (χ1) is 6.75. The van der Waals surface area contributed by atoms with Gasteiger partial charge in [0, 0.05) is 6.42 Å². The van der Waals surface area contributed by atoms with Crippen LogP contribution in [-0.2, 0) is 6.42 Å².